The zero-order chi connectivity index (χ0) is 25.7. The zero-order valence-corrected chi connectivity index (χ0v) is 20.6. The SMILES string of the molecule is Cc1ccccc1Cn1c(=O)c(C(=O)NCCc2ccccn2)nn(-c2ccc(C(C)C)cc2)c1=O. The van der Waals surface area contributed by atoms with E-state index in [1.54, 1.807) is 18.3 Å². The van der Waals surface area contributed by atoms with Crippen molar-refractivity contribution in [2.75, 3.05) is 6.54 Å². The summed E-state index contributed by atoms with van der Waals surface area (Å²) in [5, 5.41) is 6.95. The number of amides is 1. The van der Waals surface area contributed by atoms with Crippen LogP contribution in [0.5, 0.6) is 0 Å². The Morgan fingerprint density at radius 3 is 2.36 bits per heavy atom. The second kappa shape index (κ2) is 10.9. The summed E-state index contributed by atoms with van der Waals surface area (Å²) in [6.45, 7) is 6.38. The van der Waals surface area contributed by atoms with E-state index in [0.29, 0.717) is 18.0 Å². The highest BCUT2D eigenvalue weighted by Crippen LogP contribution is 2.16. The Balaban J connectivity index is 1.73. The van der Waals surface area contributed by atoms with Crippen LogP contribution in [-0.2, 0) is 13.0 Å². The van der Waals surface area contributed by atoms with Crippen LogP contribution < -0.4 is 16.6 Å². The molecule has 0 aliphatic carbocycles. The van der Waals surface area contributed by atoms with Crippen LogP contribution in [0.3, 0.4) is 0 Å². The lowest BCUT2D eigenvalue weighted by Gasteiger charge is -2.14. The Kier molecular flexibility index (Phi) is 7.53. The number of carbonyl (C=O) groups excluding carboxylic acids is 1. The lowest BCUT2D eigenvalue weighted by atomic mass is 10.0. The van der Waals surface area contributed by atoms with Gasteiger partial charge in [0.1, 0.15) is 0 Å². The summed E-state index contributed by atoms with van der Waals surface area (Å²) in [5.41, 5.74) is 2.48. The van der Waals surface area contributed by atoms with Crippen LogP contribution in [-0.4, -0.2) is 31.8 Å². The van der Waals surface area contributed by atoms with Crippen LogP contribution in [0.1, 0.15) is 52.6 Å². The fourth-order valence-corrected chi connectivity index (χ4v) is 3.86. The smallest absolute Gasteiger partial charge is 0.350 e. The first-order chi connectivity index (χ1) is 17.3. The van der Waals surface area contributed by atoms with E-state index in [2.05, 4.69) is 29.2 Å². The van der Waals surface area contributed by atoms with Crippen molar-refractivity contribution in [3.8, 4) is 5.69 Å². The average Bonchev–Trinajstić information content (AvgIpc) is 2.88. The molecule has 0 saturated carbocycles. The molecule has 4 aromatic rings. The fourth-order valence-electron chi connectivity index (χ4n) is 3.86. The lowest BCUT2D eigenvalue weighted by molar-refractivity contribution is 0.0944. The molecule has 2 aromatic carbocycles. The van der Waals surface area contributed by atoms with E-state index >= 15 is 0 Å². The predicted molar refractivity (Wildman–Crippen MR) is 139 cm³/mol. The van der Waals surface area contributed by atoms with Gasteiger partial charge in [0.2, 0.25) is 5.69 Å². The van der Waals surface area contributed by atoms with Gasteiger partial charge in [0.15, 0.2) is 0 Å². The Bertz CT molecular complexity index is 1470. The van der Waals surface area contributed by atoms with Gasteiger partial charge in [-0.05, 0) is 53.8 Å². The molecular formula is C28H29N5O3. The summed E-state index contributed by atoms with van der Waals surface area (Å²) in [4.78, 5) is 44.0. The van der Waals surface area contributed by atoms with Crippen molar-refractivity contribution in [3.05, 3.63) is 122 Å². The second-order valence-electron chi connectivity index (χ2n) is 8.93. The van der Waals surface area contributed by atoms with Gasteiger partial charge < -0.3 is 5.32 Å². The molecule has 0 spiro atoms. The molecule has 0 aliphatic heterocycles. The minimum absolute atomic E-state index is 0.0329. The topological polar surface area (TPSA) is 98.9 Å². The third kappa shape index (κ3) is 5.49. The van der Waals surface area contributed by atoms with Crippen molar-refractivity contribution >= 4 is 5.91 Å². The number of hydrogen-bond acceptors (Lipinski definition) is 5. The summed E-state index contributed by atoms with van der Waals surface area (Å²) < 4.78 is 2.19. The predicted octanol–water partition coefficient (Wildman–Crippen LogP) is 3.24. The van der Waals surface area contributed by atoms with Crippen molar-refractivity contribution < 1.29 is 4.79 Å². The van der Waals surface area contributed by atoms with Gasteiger partial charge in [-0.15, -0.1) is 0 Å². The average molecular weight is 484 g/mol. The zero-order valence-electron chi connectivity index (χ0n) is 20.6. The molecule has 0 unspecified atom stereocenters. The Morgan fingerprint density at radius 1 is 0.972 bits per heavy atom. The van der Waals surface area contributed by atoms with Gasteiger partial charge in [-0.2, -0.15) is 9.78 Å². The van der Waals surface area contributed by atoms with Gasteiger partial charge >= 0.3 is 5.69 Å². The van der Waals surface area contributed by atoms with Crippen molar-refractivity contribution in [1.29, 1.82) is 0 Å². The number of rotatable bonds is 8. The second-order valence-corrected chi connectivity index (χ2v) is 8.93. The molecule has 0 aliphatic rings. The molecular weight excluding hydrogens is 454 g/mol. The van der Waals surface area contributed by atoms with E-state index in [1.165, 1.54) is 0 Å². The Labute approximate surface area is 209 Å². The first-order valence-electron chi connectivity index (χ1n) is 11.9. The number of aromatic nitrogens is 4. The summed E-state index contributed by atoms with van der Waals surface area (Å²) in [7, 11) is 0. The van der Waals surface area contributed by atoms with E-state index in [1.807, 2.05) is 61.5 Å². The van der Waals surface area contributed by atoms with Crippen molar-refractivity contribution in [3.63, 3.8) is 0 Å². The fraction of sp³-hybridized carbons (Fsp3) is 0.250. The summed E-state index contributed by atoms with van der Waals surface area (Å²) >= 11 is 0. The van der Waals surface area contributed by atoms with Crippen LogP contribution >= 0.6 is 0 Å². The highest BCUT2D eigenvalue weighted by Gasteiger charge is 2.21. The molecule has 4 rings (SSSR count). The monoisotopic (exact) mass is 483 g/mol. The van der Waals surface area contributed by atoms with Gasteiger partial charge in [-0.25, -0.2) is 4.79 Å². The van der Waals surface area contributed by atoms with Gasteiger partial charge in [0.25, 0.3) is 11.5 Å². The normalized spacial score (nSPS) is 11.0. The van der Waals surface area contributed by atoms with E-state index in [-0.39, 0.29) is 18.8 Å². The highest BCUT2D eigenvalue weighted by atomic mass is 16.2. The van der Waals surface area contributed by atoms with Crippen LogP contribution in [0.15, 0.2) is 82.5 Å². The third-order valence-electron chi connectivity index (χ3n) is 6.06. The summed E-state index contributed by atoms with van der Waals surface area (Å²) in [6.07, 6.45) is 2.18. The molecule has 1 N–H and O–H groups in total. The van der Waals surface area contributed by atoms with Crippen LogP contribution in [0.4, 0.5) is 0 Å². The minimum Gasteiger partial charge on any atom is -0.350 e. The van der Waals surface area contributed by atoms with E-state index < -0.39 is 17.2 Å². The maximum Gasteiger partial charge on any atom is 0.352 e. The number of nitrogens with zero attached hydrogens (tertiary/aromatic N) is 4. The van der Waals surface area contributed by atoms with E-state index in [0.717, 1.165) is 31.6 Å². The molecule has 2 aromatic heterocycles. The molecule has 8 heteroatoms. The number of pyridine rings is 1. The summed E-state index contributed by atoms with van der Waals surface area (Å²) in [5.74, 6) is -0.318. The molecule has 0 atom stereocenters. The molecule has 0 bridgehead atoms. The minimum atomic E-state index is -0.728. The first kappa shape index (κ1) is 24.8. The van der Waals surface area contributed by atoms with Crippen molar-refractivity contribution in [2.45, 2.75) is 39.7 Å². The number of hydrogen-bond donors (Lipinski definition) is 1. The maximum absolute atomic E-state index is 13.4. The van der Waals surface area contributed by atoms with Crippen LogP contribution in [0.25, 0.3) is 5.69 Å². The van der Waals surface area contributed by atoms with Crippen molar-refractivity contribution in [2.24, 2.45) is 0 Å². The molecule has 36 heavy (non-hydrogen) atoms. The van der Waals surface area contributed by atoms with Crippen LogP contribution in [0, 0.1) is 6.92 Å². The third-order valence-corrected chi connectivity index (χ3v) is 6.06. The number of aryl methyl sites for hydroxylation is 1. The Hall–Kier alpha value is -4.33. The molecule has 8 nitrogen and oxygen atoms in total. The molecule has 184 valence electrons. The van der Waals surface area contributed by atoms with Gasteiger partial charge in [0, 0.05) is 24.9 Å². The number of carbonyl (C=O) groups is 1. The Morgan fingerprint density at radius 2 is 1.69 bits per heavy atom. The molecule has 0 radical (unpaired) electrons. The molecule has 2 heterocycles. The largest absolute Gasteiger partial charge is 0.352 e. The number of nitrogens with one attached hydrogen (secondary N) is 1. The quantitative estimate of drug-likeness (QED) is 0.415. The van der Waals surface area contributed by atoms with Crippen molar-refractivity contribution in [1.82, 2.24) is 24.6 Å². The van der Waals surface area contributed by atoms with Crippen LogP contribution in [0.2, 0.25) is 0 Å². The van der Waals surface area contributed by atoms with E-state index in [9.17, 15) is 14.4 Å². The molecule has 0 saturated heterocycles. The maximum atomic E-state index is 13.4. The highest BCUT2D eigenvalue weighted by molar-refractivity contribution is 5.91. The van der Waals surface area contributed by atoms with Gasteiger partial charge in [-0.3, -0.25) is 19.1 Å². The van der Waals surface area contributed by atoms with Gasteiger partial charge in [-0.1, -0.05) is 56.3 Å². The standard InChI is InChI=1S/C28H29N5O3/c1-19(2)21-11-13-24(14-12-21)33-28(36)32(18-22-9-5-4-8-20(22)3)27(35)25(31-33)26(34)30-17-15-23-10-6-7-16-29-23/h4-14,16,19H,15,17-18H2,1-3H3,(H,30,34). The molecule has 1 amide bonds. The summed E-state index contributed by atoms with van der Waals surface area (Å²) in [6, 6.07) is 20.4. The lowest BCUT2D eigenvalue weighted by Crippen LogP contribution is -2.46. The first-order valence-corrected chi connectivity index (χ1v) is 11.9. The van der Waals surface area contributed by atoms with Gasteiger partial charge in [0.05, 0.1) is 12.2 Å². The number of benzene rings is 2. The molecule has 0 fully saturated rings. The van der Waals surface area contributed by atoms with E-state index in [4.69, 9.17) is 0 Å².